The lowest BCUT2D eigenvalue weighted by molar-refractivity contribution is -0.118. The zero-order chi connectivity index (χ0) is 14.1. The van der Waals surface area contributed by atoms with Gasteiger partial charge in [-0.3, -0.25) is 4.79 Å². The zero-order valence-electron chi connectivity index (χ0n) is 12.1. The second-order valence-electron chi connectivity index (χ2n) is 5.17. The second-order valence-corrected chi connectivity index (χ2v) is 5.17. The van der Waals surface area contributed by atoms with Gasteiger partial charge in [-0.15, -0.1) is 0 Å². The Morgan fingerprint density at radius 2 is 2.00 bits per heavy atom. The third kappa shape index (κ3) is 6.27. The number of nitrogens with two attached hydrogens (primary N) is 1. The maximum absolute atomic E-state index is 11.5. The van der Waals surface area contributed by atoms with Gasteiger partial charge in [0.05, 0.1) is 0 Å². The molecule has 0 aliphatic carbocycles. The van der Waals surface area contributed by atoms with E-state index in [1.165, 1.54) is 31.2 Å². The van der Waals surface area contributed by atoms with Crippen LogP contribution in [0.25, 0.3) is 0 Å². The van der Waals surface area contributed by atoms with Crippen molar-refractivity contribution < 1.29 is 4.79 Å². The van der Waals surface area contributed by atoms with Crippen LogP contribution in [0.2, 0.25) is 0 Å². The van der Waals surface area contributed by atoms with Crippen LogP contribution in [0.5, 0.6) is 0 Å². The van der Waals surface area contributed by atoms with Crippen molar-refractivity contribution in [3.8, 4) is 0 Å². The van der Waals surface area contributed by atoms with Gasteiger partial charge in [0.1, 0.15) is 6.04 Å². The first kappa shape index (κ1) is 15.5. The van der Waals surface area contributed by atoms with Crippen molar-refractivity contribution >= 4 is 11.6 Å². The molecule has 0 aromatic heterocycles. The van der Waals surface area contributed by atoms with Crippen LogP contribution >= 0.6 is 0 Å². The molecule has 0 fully saturated rings. The zero-order valence-corrected chi connectivity index (χ0v) is 12.1. The molecule has 1 unspecified atom stereocenters. The fourth-order valence-electron chi connectivity index (χ4n) is 2.17. The molecule has 0 saturated carbocycles. The van der Waals surface area contributed by atoms with Crippen LogP contribution in [-0.2, 0) is 4.79 Å². The molecule has 1 rings (SSSR count). The molecule has 1 aromatic rings. The third-order valence-electron chi connectivity index (χ3n) is 3.30. The normalized spacial score (nSPS) is 12.1. The van der Waals surface area contributed by atoms with Crippen LogP contribution in [0.4, 0.5) is 5.69 Å². The molecule has 3 heteroatoms. The highest BCUT2D eigenvalue weighted by Crippen LogP contribution is 2.14. The number of carbonyl (C=O) groups excluding carboxylic acids is 1. The highest BCUT2D eigenvalue weighted by molar-refractivity contribution is 5.82. The van der Waals surface area contributed by atoms with Gasteiger partial charge in [-0.2, -0.15) is 0 Å². The van der Waals surface area contributed by atoms with E-state index >= 15 is 0 Å². The number of hydrogen-bond donors (Lipinski definition) is 2. The van der Waals surface area contributed by atoms with Crippen LogP contribution in [-0.4, -0.2) is 11.9 Å². The van der Waals surface area contributed by atoms with Gasteiger partial charge in [0.25, 0.3) is 0 Å². The summed E-state index contributed by atoms with van der Waals surface area (Å²) in [7, 11) is 0. The lowest BCUT2D eigenvalue weighted by Gasteiger charge is -2.17. The highest BCUT2D eigenvalue weighted by atomic mass is 16.1. The SMILES string of the molecule is CCCCCCCC(Nc1cccc(C)c1)C(N)=O. The molecule has 0 heterocycles. The molecule has 19 heavy (non-hydrogen) atoms. The number of primary amides is 1. The number of hydrogen-bond acceptors (Lipinski definition) is 2. The van der Waals surface area contributed by atoms with Gasteiger partial charge in [0, 0.05) is 5.69 Å². The number of amides is 1. The largest absolute Gasteiger partial charge is 0.374 e. The number of aryl methyl sites for hydroxylation is 1. The van der Waals surface area contributed by atoms with Crippen LogP contribution in [0.3, 0.4) is 0 Å². The summed E-state index contributed by atoms with van der Waals surface area (Å²) in [6, 6.07) is 7.77. The summed E-state index contributed by atoms with van der Waals surface area (Å²) in [6.07, 6.45) is 6.78. The molecular weight excluding hydrogens is 236 g/mol. The minimum Gasteiger partial charge on any atom is -0.374 e. The van der Waals surface area contributed by atoms with Gasteiger partial charge in [0.15, 0.2) is 0 Å². The Labute approximate surface area is 116 Å². The molecule has 0 aliphatic rings. The lowest BCUT2D eigenvalue weighted by Crippen LogP contribution is -2.35. The summed E-state index contributed by atoms with van der Waals surface area (Å²) >= 11 is 0. The first-order valence-electron chi connectivity index (χ1n) is 7.26. The van der Waals surface area contributed by atoms with E-state index in [2.05, 4.69) is 12.2 Å². The minimum absolute atomic E-state index is 0.261. The number of benzene rings is 1. The van der Waals surface area contributed by atoms with Crippen molar-refractivity contribution in [3.63, 3.8) is 0 Å². The predicted molar refractivity (Wildman–Crippen MR) is 81.2 cm³/mol. The number of unbranched alkanes of at least 4 members (excludes halogenated alkanes) is 4. The van der Waals surface area contributed by atoms with E-state index < -0.39 is 0 Å². The van der Waals surface area contributed by atoms with Crippen molar-refractivity contribution in [3.05, 3.63) is 29.8 Å². The van der Waals surface area contributed by atoms with E-state index in [9.17, 15) is 4.79 Å². The van der Waals surface area contributed by atoms with E-state index in [1.807, 2.05) is 31.2 Å². The Kier molecular flexibility index (Phi) is 7.01. The average Bonchev–Trinajstić information content (AvgIpc) is 2.37. The van der Waals surface area contributed by atoms with Gasteiger partial charge in [-0.25, -0.2) is 0 Å². The first-order chi connectivity index (χ1) is 9.13. The molecule has 0 aliphatic heterocycles. The molecule has 1 aromatic carbocycles. The summed E-state index contributed by atoms with van der Waals surface area (Å²) in [6.45, 7) is 4.24. The van der Waals surface area contributed by atoms with Crippen molar-refractivity contribution in [2.45, 2.75) is 58.4 Å². The number of anilines is 1. The Morgan fingerprint density at radius 3 is 2.63 bits per heavy atom. The van der Waals surface area contributed by atoms with Crippen LogP contribution < -0.4 is 11.1 Å². The number of nitrogens with one attached hydrogen (secondary N) is 1. The molecule has 0 bridgehead atoms. The maximum atomic E-state index is 11.5. The van der Waals surface area contributed by atoms with Gasteiger partial charge < -0.3 is 11.1 Å². The minimum atomic E-state index is -0.267. The van der Waals surface area contributed by atoms with E-state index in [0.29, 0.717) is 0 Å². The molecule has 3 nitrogen and oxygen atoms in total. The van der Waals surface area contributed by atoms with E-state index in [1.54, 1.807) is 0 Å². The fourth-order valence-corrected chi connectivity index (χ4v) is 2.17. The van der Waals surface area contributed by atoms with Gasteiger partial charge in [-0.05, 0) is 31.0 Å². The molecule has 106 valence electrons. The van der Waals surface area contributed by atoms with Crippen LogP contribution in [0, 0.1) is 6.92 Å². The quantitative estimate of drug-likeness (QED) is 0.668. The van der Waals surface area contributed by atoms with Crippen molar-refractivity contribution in [2.24, 2.45) is 5.73 Å². The second kappa shape index (κ2) is 8.57. The van der Waals surface area contributed by atoms with E-state index in [0.717, 1.165) is 18.5 Å². The van der Waals surface area contributed by atoms with Crippen molar-refractivity contribution in [1.29, 1.82) is 0 Å². The summed E-state index contributed by atoms with van der Waals surface area (Å²) in [4.78, 5) is 11.5. The van der Waals surface area contributed by atoms with Gasteiger partial charge >= 0.3 is 0 Å². The standard InChI is InChI=1S/C16H26N2O/c1-3-4-5-6-7-11-15(16(17)19)18-14-10-8-9-13(2)12-14/h8-10,12,15,18H,3-7,11H2,1-2H3,(H2,17,19). The molecule has 0 radical (unpaired) electrons. The Morgan fingerprint density at radius 1 is 1.26 bits per heavy atom. The van der Waals surface area contributed by atoms with Gasteiger partial charge in [-0.1, -0.05) is 51.2 Å². The Bertz CT molecular complexity index is 390. The fraction of sp³-hybridized carbons (Fsp3) is 0.562. The molecular formula is C16H26N2O. The highest BCUT2D eigenvalue weighted by Gasteiger charge is 2.14. The first-order valence-corrected chi connectivity index (χ1v) is 7.26. The van der Waals surface area contributed by atoms with Crippen molar-refractivity contribution in [1.82, 2.24) is 0 Å². The molecule has 3 N–H and O–H groups in total. The smallest absolute Gasteiger partial charge is 0.239 e. The number of carbonyl (C=O) groups is 1. The maximum Gasteiger partial charge on any atom is 0.239 e. The molecule has 0 saturated heterocycles. The predicted octanol–water partition coefficient (Wildman–Crippen LogP) is 3.62. The summed E-state index contributed by atoms with van der Waals surface area (Å²) in [5, 5.41) is 3.24. The Balaban J connectivity index is 2.42. The summed E-state index contributed by atoms with van der Waals surface area (Å²) < 4.78 is 0. The summed E-state index contributed by atoms with van der Waals surface area (Å²) in [5.74, 6) is -0.267. The number of rotatable bonds is 9. The third-order valence-corrected chi connectivity index (χ3v) is 3.30. The average molecular weight is 262 g/mol. The topological polar surface area (TPSA) is 55.1 Å². The van der Waals surface area contributed by atoms with Gasteiger partial charge in [0.2, 0.25) is 5.91 Å². The van der Waals surface area contributed by atoms with E-state index in [4.69, 9.17) is 5.73 Å². The molecule has 0 spiro atoms. The van der Waals surface area contributed by atoms with E-state index in [-0.39, 0.29) is 11.9 Å². The molecule has 1 atom stereocenters. The van der Waals surface area contributed by atoms with Crippen LogP contribution in [0.15, 0.2) is 24.3 Å². The monoisotopic (exact) mass is 262 g/mol. The Hall–Kier alpha value is -1.51. The lowest BCUT2D eigenvalue weighted by atomic mass is 10.1. The molecule has 1 amide bonds. The van der Waals surface area contributed by atoms with Crippen molar-refractivity contribution in [2.75, 3.05) is 5.32 Å². The van der Waals surface area contributed by atoms with Crippen LogP contribution in [0.1, 0.15) is 51.0 Å². The summed E-state index contributed by atoms with van der Waals surface area (Å²) in [5.41, 5.74) is 7.61.